The van der Waals surface area contributed by atoms with E-state index in [1.807, 2.05) is 13.8 Å². The standard InChI is InChI=1S/C23H27Cl2FN2O2S/c1-4-15(2)27-23(30)16(3)28(12-19-20(24)6-5-7-21(19)25)22(29)14-31-13-17-8-10-18(26)11-9-17/h5-11,15-16H,4,12-14H2,1-3H3,(H,27,30)/t15-,16+/m0/s1. The highest BCUT2D eigenvalue weighted by Crippen LogP contribution is 2.27. The molecule has 0 heterocycles. The van der Waals surface area contributed by atoms with Crippen LogP contribution in [0.25, 0.3) is 0 Å². The van der Waals surface area contributed by atoms with Crippen LogP contribution in [0.5, 0.6) is 0 Å². The van der Waals surface area contributed by atoms with Gasteiger partial charge in [0.05, 0.1) is 5.75 Å². The zero-order valence-electron chi connectivity index (χ0n) is 17.8. The minimum atomic E-state index is -0.694. The van der Waals surface area contributed by atoms with Gasteiger partial charge >= 0.3 is 0 Å². The smallest absolute Gasteiger partial charge is 0.242 e. The van der Waals surface area contributed by atoms with Crippen molar-refractivity contribution < 1.29 is 14.0 Å². The fourth-order valence-electron chi connectivity index (χ4n) is 2.82. The van der Waals surface area contributed by atoms with E-state index < -0.39 is 6.04 Å². The second-order valence-electron chi connectivity index (χ2n) is 7.33. The number of carbonyl (C=O) groups excluding carboxylic acids is 2. The highest BCUT2D eigenvalue weighted by Gasteiger charge is 2.27. The summed E-state index contributed by atoms with van der Waals surface area (Å²) in [4.78, 5) is 27.3. The molecule has 0 radical (unpaired) electrons. The third kappa shape index (κ3) is 7.70. The topological polar surface area (TPSA) is 49.4 Å². The van der Waals surface area contributed by atoms with Gasteiger partial charge in [0.2, 0.25) is 11.8 Å². The Morgan fingerprint density at radius 2 is 1.71 bits per heavy atom. The van der Waals surface area contributed by atoms with Gasteiger partial charge in [0.1, 0.15) is 11.9 Å². The maximum Gasteiger partial charge on any atom is 0.242 e. The Morgan fingerprint density at radius 1 is 1.10 bits per heavy atom. The van der Waals surface area contributed by atoms with Gasteiger partial charge in [-0.15, -0.1) is 11.8 Å². The van der Waals surface area contributed by atoms with Crippen molar-refractivity contribution in [2.45, 2.75) is 51.6 Å². The van der Waals surface area contributed by atoms with Crippen molar-refractivity contribution in [3.63, 3.8) is 0 Å². The molecule has 0 saturated heterocycles. The van der Waals surface area contributed by atoms with Crippen LogP contribution in [0, 0.1) is 5.82 Å². The van der Waals surface area contributed by atoms with E-state index in [9.17, 15) is 14.0 Å². The molecule has 0 unspecified atom stereocenters. The van der Waals surface area contributed by atoms with Crippen LogP contribution in [0.3, 0.4) is 0 Å². The van der Waals surface area contributed by atoms with E-state index in [4.69, 9.17) is 23.2 Å². The first-order valence-corrected chi connectivity index (χ1v) is 12.0. The van der Waals surface area contributed by atoms with Gasteiger partial charge in [0, 0.05) is 33.9 Å². The van der Waals surface area contributed by atoms with Crippen LogP contribution >= 0.6 is 35.0 Å². The number of rotatable bonds is 10. The molecule has 0 bridgehead atoms. The number of hydrogen-bond acceptors (Lipinski definition) is 3. The van der Waals surface area contributed by atoms with Gasteiger partial charge in [-0.1, -0.05) is 48.3 Å². The third-order valence-electron chi connectivity index (χ3n) is 4.97. The molecule has 2 amide bonds. The first kappa shape index (κ1) is 25.5. The summed E-state index contributed by atoms with van der Waals surface area (Å²) in [6.45, 7) is 5.73. The monoisotopic (exact) mass is 484 g/mol. The summed E-state index contributed by atoms with van der Waals surface area (Å²) in [5, 5.41) is 3.81. The molecule has 0 spiro atoms. The van der Waals surface area contributed by atoms with Crippen molar-refractivity contribution >= 4 is 46.8 Å². The maximum absolute atomic E-state index is 13.1. The number of thioether (sulfide) groups is 1. The lowest BCUT2D eigenvalue weighted by molar-refractivity contribution is -0.138. The predicted octanol–water partition coefficient (Wildman–Crippen LogP) is 5.70. The van der Waals surface area contributed by atoms with Crippen LogP contribution in [-0.4, -0.2) is 34.6 Å². The van der Waals surface area contributed by atoms with E-state index in [1.165, 1.54) is 28.8 Å². The quantitative estimate of drug-likeness (QED) is 0.470. The molecule has 0 aliphatic carbocycles. The number of amides is 2. The van der Waals surface area contributed by atoms with E-state index in [-0.39, 0.29) is 36.0 Å². The van der Waals surface area contributed by atoms with Crippen molar-refractivity contribution in [1.82, 2.24) is 10.2 Å². The van der Waals surface area contributed by atoms with Crippen molar-refractivity contribution in [2.75, 3.05) is 5.75 Å². The first-order valence-electron chi connectivity index (χ1n) is 10.1. The molecule has 0 aliphatic rings. The average molecular weight is 485 g/mol. The van der Waals surface area contributed by atoms with Gasteiger partial charge in [-0.05, 0) is 50.1 Å². The summed E-state index contributed by atoms with van der Waals surface area (Å²) >= 11 is 14.0. The van der Waals surface area contributed by atoms with Crippen LogP contribution in [0.2, 0.25) is 10.0 Å². The van der Waals surface area contributed by atoms with Crippen LogP contribution < -0.4 is 5.32 Å². The molecule has 0 saturated carbocycles. The molecule has 0 fully saturated rings. The van der Waals surface area contributed by atoms with Gasteiger partial charge in [0.15, 0.2) is 0 Å². The van der Waals surface area contributed by atoms with Gasteiger partial charge in [-0.2, -0.15) is 0 Å². The van der Waals surface area contributed by atoms with Gasteiger partial charge in [0.25, 0.3) is 0 Å². The summed E-state index contributed by atoms with van der Waals surface area (Å²) in [6, 6.07) is 10.6. The molecule has 8 heteroatoms. The Hall–Kier alpha value is -1.76. The predicted molar refractivity (Wildman–Crippen MR) is 127 cm³/mol. The average Bonchev–Trinajstić information content (AvgIpc) is 2.74. The number of carbonyl (C=O) groups is 2. The second kappa shape index (κ2) is 12.3. The van der Waals surface area contributed by atoms with Crippen molar-refractivity contribution in [3.05, 3.63) is 69.5 Å². The Kier molecular flexibility index (Phi) is 10.1. The molecule has 31 heavy (non-hydrogen) atoms. The summed E-state index contributed by atoms with van der Waals surface area (Å²) in [6.07, 6.45) is 0.788. The summed E-state index contributed by atoms with van der Waals surface area (Å²) < 4.78 is 13.1. The minimum Gasteiger partial charge on any atom is -0.352 e. The molecular weight excluding hydrogens is 458 g/mol. The largest absolute Gasteiger partial charge is 0.352 e. The van der Waals surface area contributed by atoms with Crippen molar-refractivity contribution in [3.8, 4) is 0 Å². The molecule has 1 N–H and O–H groups in total. The third-order valence-corrected chi connectivity index (χ3v) is 6.66. The second-order valence-corrected chi connectivity index (χ2v) is 9.13. The molecule has 2 rings (SSSR count). The van der Waals surface area contributed by atoms with Crippen LogP contribution in [0.1, 0.15) is 38.3 Å². The molecule has 0 aromatic heterocycles. The van der Waals surface area contributed by atoms with Crippen LogP contribution in [0.4, 0.5) is 4.39 Å². The van der Waals surface area contributed by atoms with Gasteiger partial charge < -0.3 is 10.2 Å². The fourth-order valence-corrected chi connectivity index (χ4v) is 4.21. The Balaban J connectivity index is 2.14. The fraction of sp³-hybridized carbons (Fsp3) is 0.391. The first-order chi connectivity index (χ1) is 14.7. The summed E-state index contributed by atoms with van der Waals surface area (Å²) in [5.41, 5.74) is 1.52. The summed E-state index contributed by atoms with van der Waals surface area (Å²) in [5.74, 6) is -0.00123. The number of hydrogen-bond donors (Lipinski definition) is 1. The highest BCUT2D eigenvalue weighted by atomic mass is 35.5. The van der Waals surface area contributed by atoms with E-state index in [0.717, 1.165) is 12.0 Å². The molecule has 4 nitrogen and oxygen atoms in total. The molecule has 2 aromatic carbocycles. The number of nitrogens with zero attached hydrogens (tertiary/aromatic N) is 1. The lowest BCUT2D eigenvalue weighted by atomic mass is 10.1. The Morgan fingerprint density at radius 3 is 2.29 bits per heavy atom. The minimum absolute atomic E-state index is 0.00338. The molecule has 2 atom stereocenters. The highest BCUT2D eigenvalue weighted by molar-refractivity contribution is 7.99. The van der Waals surface area contributed by atoms with Crippen LogP contribution in [0.15, 0.2) is 42.5 Å². The summed E-state index contributed by atoms with van der Waals surface area (Å²) in [7, 11) is 0. The molecular formula is C23H27Cl2FN2O2S. The number of benzene rings is 2. The molecule has 0 aliphatic heterocycles. The molecule has 168 valence electrons. The normalized spacial score (nSPS) is 12.8. The van der Waals surface area contributed by atoms with Gasteiger partial charge in [-0.3, -0.25) is 9.59 Å². The SMILES string of the molecule is CC[C@H](C)NC(=O)[C@@H](C)N(Cc1c(Cl)cccc1Cl)C(=O)CSCc1ccc(F)cc1. The molecule has 2 aromatic rings. The maximum atomic E-state index is 13.1. The zero-order valence-corrected chi connectivity index (χ0v) is 20.2. The Bertz CT molecular complexity index is 875. The van der Waals surface area contributed by atoms with Gasteiger partial charge in [-0.25, -0.2) is 4.39 Å². The number of halogens is 3. The lowest BCUT2D eigenvalue weighted by Gasteiger charge is -2.30. The van der Waals surface area contributed by atoms with E-state index >= 15 is 0 Å². The zero-order chi connectivity index (χ0) is 23.0. The van der Waals surface area contributed by atoms with E-state index in [0.29, 0.717) is 21.4 Å². The van der Waals surface area contributed by atoms with Crippen molar-refractivity contribution in [2.24, 2.45) is 0 Å². The van der Waals surface area contributed by atoms with E-state index in [1.54, 1.807) is 37.3 Å². The van der Waals surface area contributed by atoms with Crippen molar-refractivity contribution in [1.29, 1.82) is 0 Å². The van der Waals surface area contributed by atoms with Crippen LogP contribution in [-0.2, 0) is 21.9 Å². The Labute approximate surface area is 197 Å². The lowest BCUT2D eigenvalue weighted by Crippen LogP contribution is -2.50. The van der Waals surface area contributed by atoms with E-state index in [2.05, 4.69) is 5.32 Å². The number of nitrogens with one attached hydrogen (secondary N) is 1.